The molecule has 2 N–H and O–H groups in total. The van der Waals surface area contributed by atoms with Crippen molar-refractivity contribution >= 4 is 68.9 Å². The summed E-state index contributed by atoms with van der Waals surface area (Å²) >= 11 is 7.64. The molecule has 9 heteroatoms. The molecule has 0 aliphatic rings. The molecule has 0 saturated heterocycles. The first-order valence-electron chi connectivity index (χ1n) is 10.3. The second kappa shape index (κ2) is 8.75. The molecule has 6 nitrogen and oxygen atoms in total. The van der Waals surface area contributed by atoms with Crippen molar-refractivity contribution in [1.82, 2.24) is 8.69 Å². The predicted molar refractivity (Wildman–Crippen MR) is 142 cm³/mol. The molecule has 34 heavy (non-hydrogen) atoms. The van der Waals surface area contributed by atoms with E-state index >= 15 is 0 Å². The number of hydrogen-bond donors (Lipinski definition) is 4. The maximum absolute atomic E-state index is 14.0. The van der Waals surface area contributed by atoms with E-state index in [2.05, 4.69) is 35.9 Å². The van der Waals surface area contributed by atoms with Crippen LogP contribution >= 0.6 is 25.6 Å². The number of thiol groups is 2. The largest absolute Gasteiger partial charge is 0.354 e. The zero-order chi connectivity index (χ0) is 23.9. The molecule has 5 aromatic rings. The monoisotopic (exact) mass is 505 g/mol. The third kappa shape index (κ3) is 4.02. The zero-order valence-corrected chi connectivity index (χ0v) is 20.2. The smallest absolute Gasteiger partial charge is 0.341 e. The number of benzene rings is 4. The Balaban J connectivity index is 1.67. The lowest BCUT2D eigenvalue weighted by atomic mass is 10.0. The number of aromatic nitrogens is 1. The third-order valence-electron chi connectivity index (χ3n) is 5.57. The molecule has 0 radical (unpaired) electrons. The Bertz CT molecular complexity index is 1610. The number of para-hydroxylation sites is 1. The number of aromatic amines is 1. The summed E-state index contributed by atoms with van der Waals surface area (Å²) < 4.78 is 28.7. The molecular formula is C25H19N3O3S3. The molecule has 0 bridgehead atoms. The van der Waals surface area contributed by atoms with Gasteiger partial charge in [0.05, 0.1) is 9.79 Å². The second-order valence-electron chi connectivity index (χ2n) is 7.68. The molecule has 1 heterocycles. The van der Waals surface area contributed by atoms with Crippen LogP contribution in [0.1, 0.15) is 0 Å². The Morgan fingerprint density at radius 1 is 0.824 bits per heavy atom. The van der Waals surface area contributed by atoms with Crippen molar-refractivity contribution in [3.05, 3.63) is 91.0 Å². The van der Waals surface area contributed by atoms with E-state index in [0.29, 0.717) is 16.6 Å². The van der Waals surface area contributed by atoms with Gasteiger partial charge in [-0.3, -0.25) is 0 Å². The molecule has 0 spiro atoms. The van der Waals surface area contributed by atoms with Crippen molar-refractivity contribution in [3.8, 4) is 11.3 Å². The number of nitrogens with zero attached hydrogens (tertiary/aromatic N) is 1. The van der Waals surface area contributed by atoms with E-state index in [1.807, 2.05) is 66.7 Å². The predicted octanol–water partition coefficient (Wildman–Crippen LogP) is 6.34. The molecule has 0 atom stereocenters. The van der Waals surface area contributed by atoms with Gasteiger partial charge in [-0.05, 0) is 41.8 Å². The van der Waals surface area contributed by atoms with Gasteiger partial charge in [-0.2, -0.15) is 0 Å². The number of sulfone groups is 1. The summed E-state index contributed by atoms with van der Waals surface area (Å²) in [5, 5.41) is 5.04. The lowest BCUT2D eigenvalue weighted by molar-refractivity contribution is 0.250. The van der Waals surface area contributed by atoms with Gasteiger partial charge in [-0.1, -0.05) is 80.2 Å². The number of fused-ring (bicyclic) bond motifs is 2. The van der Waals surface area contributed by atoms with Crippen LogP contribution in [0.25, 0.3) is 32.9 Å². The molecule has 170 valence electrons. The summed E-state index contributed by atoms with van der Waals surface area (Å²) in [5.41, 5.74) is 2.66. The van der Waals surface area contributed by atoms with Crippen molar-refractivity contribution < 1.29 is 13.2 Å². The highest BCUT2D eigenvalue weighted by Gasteiger charge is 2.25. The molecule has 0 aliphatic heterocycles. The van der Waals surface area contributed by atoms with Crippen LogP contribution < -0.4 is 5.32 Å². The van der Waals surface area contributed by atoms with Gasteiger partial charge in [-0.15, -0.1) is 0 Å². The van der Waals surface area contributed by atoms with E-state index in [-0.39, 0.29) is 9.79 Å². The SMILES string of the molecule is O=C(Nc1ccc(S(=O)(=O)c2c(-c3cc4ccccc4[nH]3)ccc3ccccc23)cc1)N(S)S. The molecule has 0 unspecified atom stereocenters. The van der Waals surface area contributed by atoms with Gasteiger partial charge >= 0.3 is 6.03 Å². The van der Waals surface area contributed by atoms with Crippen LogP contribution in [0.2, 0.25) is 0 Å². The minimum atomic E-state index is -3.92. The van der Waals surface area contributed by atoms with E-state index in [0.717, 1.165) is 25.7 Å². The number of rotatable bonds is 4. The topological polar surface area (TPSA) is 82.3 Å². The molecule has 2 amide bonds. The van der Waals surface area contributed by atoms with Crippen LogP contribution in [0.4, 0.5) is 10.5 Å². The summed E-state index contributed by atoms with van der Waals surface area (Å²) in [4.78, 5) is 15.5. The standard InChI is InChI=1S/C25H19N3O3S3/c29-25(28(32)33)26-18-10-12-19(13-11-18)34(30,31)24-20-7-3-1-5-16(20)9-14-21(24)23-15-17-6-2-4-8-22(17)27-23/h1-15,27,32-33H,(H,26,29). The zero-order valence-electron chi connectivity index (χ0n) is 17.6. The van der Waals surface area contributed by atoms with Crippen molar-refractivity contribution in [1.29, 1.82) is 0 Å². The maximum Gasteiger partial charge on any atom is 0.341 e. The number of urea groups is 1. The Morgan fingerprint density at radius 3 is 2.21 bits per heavy atom. The van der Waals surface area contributed by atoms with Crippen LogP contribution in [0.3, 0.4) is 0 Å². The van der Waals surface area contributed by atoms with Crippen LogP contribution in [0.5, 0.6) is 0 Å². The van der Waals surface area contributed by atoms with Crippen molar-refractivity contribution in [2.75, 3.05) is 5.32 Å². The first-order chi connectivity index (χ1) is 16.3. The highest BCUT2D eigenvalue weighted by molar-refractivity contribution is 7.94. The van der Waals surface area contributed by atoms with Gasteiger partial charge in [0.15, 0.2) is 0 Å². The lowest BCUT2D eigenvalue weighted by Crippen LogP contribution is -2.19. The van der Waals surface area contributed by atoms with Crippen LogP contribution in [-0.4, -0.2) is 23.1 Å². The average Bonchev–Trinajstić information content (AvgIpc) is 3.27. The average molecular weight is 506 g/mol. The first-order valence-corrected chi connectivity index (χ1v) is 12.6. The van der Waals surface area contributed by atoms with Gasteiger partial charge < -0.3 is 10.3 Å². The summed E-state index contributed by atoms with van der Waals surface area (Å²) in [7, 11) is -3.92. The van der Waals surface area contributed by atoms with Crippen molar-refractivity contribution in [3.63, 3.8) is 0 Å². The van der Waals surface area contributed by atoms with Gasteiger partial charge in [0.1, 0.15) is 0 Å². The van der Waals surface area contributed by atoms with Crippen molar-refractivity contribution in [2.45, 2.75) is 9.79 Å². The number of H-pyrrole nitrogens is 1. The number of anilines is 1. The quantitative estimate of drug-likeness (QED) is 0.215. The normalized spacial score (nSPS) is 11.6. The molecule has 0 saturated carbocycles. The Labute approximate surface area is 207 Å². The number of carbonyl (C=O) groups excluding carboxylic acids is 1. The summed E-state index contributed by atoms with van der Waals surface area (Å²) in [6.45, 7) is 0. The Morgan fingerprint density at radius 2 is 1.50 bits per heavy atom. The van der Waals surface area contributed by atoms with E-state index < -0.39 is 15.9 Å². The summed E-state index contributed by atoms with van der Waals surface area (Å²) in [6.07, 6.45) is 0. The number of nitrogens with one attached hydrogen (secondary N) is 2. The second-order valence-corrected chi connectivity index (χ2v) is 10.7. The molecule has 5 rings (SSSR count). The molecule has 0 aliphatic carbocycles. The molecule has 4 aromatic carbocycles. The summed E-state index contributed by atoms with van der Waals surface area (Å²) in [6, 6.07) is 26.4. The summed E-state index contributed by atoms with van der Waals surface area (Å²) in [5.74, 6) is 0. The number of hydrogen-bond acceptors (Lipinski definition) is 5. The fourth-order valence-corrected chi connectivity index (χ4v) is 5.74. The molecule has 0 fully saturated rings. The molecular weight excluding hydrogens is 486 g/mol. The van der Waals surface area contributed by atoms with Gasteiger partial charge in [0.2, 0.25) is 9.84 Å². The van der Waals surface area contributed by atoms with Gasteiger partial charge in [0, 0.05) is 33.2 Å². The minimum Gasteiger partial charge on any atom is -0.354 e. The highest BCUT2D eigenvalue weighted by Crippen LogP contribution is 2.38. The Kier molecular flexibility index (Phi) is 5.76. The Hall–Kier alpha value is -3.40. The van der Waals surface area contributed by atoms with E-state index in [1.54, 1.807) is 0 Å². The van der Waals surface area contributed by atoms with Crippen LogP contribution in [-0.2, 0) is 9.84 Å². The maximum atomic E-state index is 14.0. The highest BCUT2D eigenvalue weighted by atomic mass is 32.2. The number of amides is 2. The fraction of sp³-hybridized carbons (Fsp3) is 0. The lowest BCUT2D eigenvalue weighted by Gasteiger charge is -2.14. The van der Waals surface area contributed by atoms with Gasteiger partial charge in [-0.25, -0.2) is 16.9 Å². The van der Waals surface area contributed by atoms with E-state index in [4.69, 9.17) is 0 Å². The van der Waals surface area contributed by atoms with E-state index in [1.165, 1.54) is 24.3 Å². The first kappa shape index (κ1) is 22.4. The fourth-order valence-electron chi connectivity index (χ4n) is 3.97. The van der Waals surface area contributed by atoms with Gasteiger partial charge in [0.25, 0.3) is 0 Å². The number of carbonyl (C=O) groups is 1. The minimum absolute atomic E-state index is 0.118. The van der Waals surface area contributed by atoms with E-state index in [9.17, 15) is 13.2 Å². The van der Waals surface area contributed by atoms with Crippen molar-refractivity contribution in [2.24, 2.45) is 0 Å². The molecule has 1 aromatic heterocycles. The van der Waals surface area contributed by atoms with Crippen LogP contribution in [0.15, 0.2) is 101 Å². The third-order valence-corrected chi connectivity index (χ3v) is 7.80. The van der Waals surface area contributed by atoms with Crippen LogP contribution in [0, 0.1) is 0 Å².